The van der Waals surface area contributed by atoms with Crippen LogP contribution >= 0.6 is 0 Å². The van der Waals surface area contributed by atoms with Gasteiger partial charge >= 0.3 is 12.1 Å². The number of rotatable bonds is 6. The molecule has 0 bridgehead atoms. The van der Waals surface area contributed by atoms with Gasteiger partial charge in [0.2, 0.25) is 5.91 Å². The number of alkyl halides is 2. The van der Waals surface area contributed by atoms with Crippen molar-refractivity contribution in [1.29, 1.82) is 0 Å². The van der Waals surface area contributed by atoms with Crippen LogP contribution in [0.3, 0.4) is 0 Å². The van der Waals surface area contributed by atoms with E-state index in [2.05, 4.69) is 5.32 Å². The van der Waals surface area contributed by atoms with Gasteiger partial charge in [-0.1, -0.05) is 48.5 Å². The highest BCUT2D eigenvalue weighted by Crippen LogP contribution is 2.56. The van der Waals surface area contributed by atoms with Crippen molar-refractivity contribution in [2.75, 3.05) is 26.2 Å². The molecule has 0 unspecified atom stereocenters. The number of fused-ring (bicyclic) bond motifs is 3. The number of hydrogen-bond acceptors (Lipinski definition) is 4. The fraction of sp³-hybridized carbons (Fsp3) is 0.423. The number of ether oxygens (including phenoxy) is 1. The maximum Gasteiger partial charge on any atom is 0.407 e. The fourth-order valence-electron chi connectivity index (χ4n) is 5.37. The van der Waals surface area contributed by atoms with Crippen molar-refractivity contribution in [1.82, 2.24) is 10.2 Å². The standard InChI is InChI=1S/C26H26F2N2O5/c27-26(28)21(22(26)23(31)30-11-9-15(10-12-30)24(32)33)13-29-25(34)35-14-20-18-7-3-1-5-16(18)17-6-2-4-8-19(17)20/h1-8,15,20-22H,9-14H2,(H,29,34)(H,32,33)/t21-,22-/m0/s1. The summed E-state index contributed by atoms with van der Waals surface area (Å²) >= 11 is 0. The third kappa shape index (κ3) is 4.24. The monoisotopic (exact) mass is 484 g/mol. The Morgan fingerprint density at radius 3 is 2.14 bits per heavy atom. The molecule has 2 amide bonds. The first-order chi connectivity index (χ1) is 16.8. The first-order valence-electron chi connectivity index (χ1n) is 11.8. The lowest BCUT2D eigenvalue weighted by atomic mass is 9.97. The summed E-state index contributed by atoms with van der Waals surface area (Å²) in [6.07, 6.45) is -0.299. The van der Waals surface area contributed by atoms with Crippen LogP contribution in [0.4, 0.5) is 13.6 Å². The molecule has 2 aromatic carbocycles. The van der Waals surface area contributed by atoms with Crippen molar-refractivity contribution < 1.29 is 33.0 Å². The summed E-state index contributed by atoms with van der Waals surface area (Å²) in [6.45, 7) is -0.00269. The summed E-state index contributed by atoms with van der Waals surface area (Å²) in [5.74, 6) is -8.32. The molecule has 9 heteroatoms. The predicted molar refractivity (Wildman–Crippen MR) is 122 cm³/mol. The molecule has 7 nitrogen and oxygen atoms in total. The van der Waals surface area contributed by atoms with E-state index in [0.717, 1.165) is 22.3 Å². The first kappa shape index (κ1) is 23.3. The third-order valence-corrected chi connectivity index (χ3v) is 7.43. The van der Waals surface area contributed by atoms with E-state index in [1.54, 1.807) is 0 Å². The number of benzene rings is 2. The molecule has 1 heterocycles. The highest BCUT2D eigenvalue weighted by molar-refractivity contribution is 5.84. The molecule has 0 spiro atoms. The lowest BCUT2D eigenvalue weighted by Crippen LogP contribution is -2.42. The van der Waals surface area contributed by atoms with Crippen molar-refractivity contribution >= 4 is 18.0 Å². The Balaban J connectivity index is 1.14. The van der Waals surface area contributed by atoms with Crippen LogP contribution < -0.4 is 5.32 Å². The summed E-state index contributed by atoms with van der Waals surface area (Å²) in [7, 11) is 0. The number of carbonyl (C=O) groups is 3. The van der Waals surface area contributed by atoms with Gasteiger partial charge in [-0.2, -0.15) is 0 Å². The van der Waals surface area contributed by atoms with Crippen molar-refractivity contribution in [3.63, 3.8) is 0 Å². The molecule has 2 aromatic rings. The Bertz CT molecular complexity index is 1120. The summed E-state index contributed by atoms with van der Waals surface area (Å²) in [6, 6.07) is 15.8. The molecule has 2 fully saturated rings. The van der Waals surface area contributed by atoms with Gasteiger partial charge in [-0.05, 0) is 35.1 Å². The first-order valence-corrected chi connectivity index (χ1v) is 11.8. The molecule has 0 radical (unpaired) electrons. The fourth-order valence-corrected chi connectivity index (χ4v) is 5.37. The summed E-state index contributed by atoms with van der Waals surface area (Å²) in [4.78, 5) is 37.3. The zero-order chi connectivity index (χ0) is 24.7. The Hall–Kier alpha value is -3.49. The Labute approximate surface area is 201 Å². The molecule has 2 atom stereocenters. The molecule has 2 N–H and O–H groups in total. The number of likely N-dealkylation sites (tertiary alicyclic amines) is 1. The number of carboxylic acids is 1. The molecule has 35 heavy (non-hydrogen) atoms. The number of nitrogens with zero attached hydrogens (tertiary/aromatic N) is 1. The minimum Gasteiger partial charge on any atom is -0.481 e. The maximum atomic E-state index is 14.4. The van der Waals surface area contributed by atoms with Gasteiger partial charge in [0.05, 0.1) is 11.8 Å². The van der Waals surface area contributed by atoms with Crippen LogP contribution in [0.1, 0.15) is 29.9 Å². The van der Waals surface area contributed by atoms with Gasteiger partial charge in [0.1, 0.15) is 12.5 Å². The van der Waals surface area contributed by atoms with Gasteiger partial charge in [-0.15, -0.1) is 0 Å². The number of aliphatic carboxylic acids is 1. The van der Waals surface area contributed by atoms with Gasteiger partial charge < -0.3 is 20.1 Å². The molecule has 3 aliphatic rings. The van der Waals surface area contributed by atoms with Gasteiger partial charge in [0.15, 0.2) is 0 Å². The minimum atomic E-state index is -3.21. The summed E-state index contributed by atoms with van der Waals surface area (Å²) in [5.41, 5.74) is 4.27. The zero-order valence-corrected chi connectivity index (χ0v) is 19.0. The summed E-state index contributed by atoms with van der Waals surface area (Å²) < 4.78 is 34.1. The lowest BCUT2D eigenvalue weighted by molar-refractivity contribution is -0.146. The van der Waals surface area contributed by atoms with Crippen molar-refractivity contribution in [3.05, 3.63) is 59.7 Å². The third-order valence-electron chi connectivity index (χ3n) is 7.43. The second kappa shape index (κ2) is 8.94. The van der Waals surface area contributed by atoms with Gasteiger partial charge in [0, 0.05) is 25.6 Å². The average molecular weight is 484 g/mol. The largest absolute Gasteiger partial charge is 0.481 e. The number of piperidine rings is 1. The number of carboxylic acid groups (broad SMARTS) is 1. The van der Waals surface area contributed by atoms with Crippen LogP contribution in [0, 0.1) is 17.8 Å². The molecular formula is C26H26F2N2O5. The minimum absolute atomic E-state index is 0.0712. The average Bonchev–Trinajstić information content (AvgIpc) is 3.26. The van der Waals surface area contributed by atoms with Gasteiger partial charge in [-0.25, -0.2) is 13.6 Å². The Morgan fingerprint density at radius 2 is 1.57 bits per heavy atom. The molecule has 184 valence electrons. The van der Waals surface area contributed by atoms with E-state index in [9.17, 15) is 23.2 Å². The van der Waals surface area contributed by atoms with Crippen LogP contribution in [0.5, 0.6) is 0 Å². The molecule has 1 aliphatic heterocycles. The van der Waals surface area contributed by atoms with Gasteiger partial charge in [0.25, 0.3) is 5.92 Å². The lowest BCUT2D eigenvalue weighted by Gasteiger charge is -2.30. The number of amides is 2. The van der Waals surface area contributed by atoms with Crippen LogP contribution in [0.15, 0.2) is 48.5 Å². The zero-order valence-electron chi connectivity index (χ0n) is 19.0. The molecule has 0 aromatic heterocycles. The van der Waals surface area contributed by atoms with Gasteiger partial charge in [-0.3, -0.25) is 9.59 Å². The second-order valence-corrected chi connectivity index (χ2v) is 9.40. The number of carbonyl (C=O) groups excluding carboxylic acids is 2. The normalized spacial score (nSPS) is 22.7. The SMILES string of the molecule is O=C(NC[C@H]1[C@@H](C(=O)N2CCC(C(=O)O)CC2)C1(F)F)OCC1c2ccccc2-c2ccccc21. The number of hydrogen-bond donors (Lipinski definition) is 2. The molecule has 1 saturated heterocycles. The van der Waals surface area contributed by atoms with E-state index >= 15 is 0 Å². The van der Waals surface area contributed by atoms with Crippen molar-refractivity contribution in [2.45, 2.75) is 24.7 Å². The topological polar surface area (TPSA) is 95.9 Å². The van der Waals surface area contributed by atoms with E-state index in [1.807, 2.05) is 48.5 Å². The van der Waals surface area contributed by atoms with Crippen molar-refractivity contribution in [3.8, 4) is 11.1 Å². The highest BCUT2D eigenvalue weighted by Gasteiger charge is 2.72. The van der Waals surface area contributed by atoms with E-state index in [0.29, 0.717) is 0 Å². The van der Waals surface area contributed by atoms with Crippen LogP contribution in [-0.2, 0) is 14.3 Å². The van der Waals surface area contributed by atoms with E-state index in [1.165, 1.54) is 4.90 Å². The van der Waals surface area contributed by atoms with E-state index < -0.39 is 41.6 Å². The molecular weight excluding hydrogens is 458 g/mol. The van der Waals surface area contributed by atoms with Crippen molar-refractivity contribution in [2.24, 2.45) is 17.8 Å². The molecule has 2 aliphatic carbocycles. The Morgan fingerprint density at radius 1 is 1.00 bits per heavy atom. The number of halogens is 2. The van der Waals surface area contributed by atoms with Crippen LogP contribution in [-0.4, -0.2) is 60.1 Å². The quantitative estimate of drug-likeness (QED) is 0.652. The molecule has 5 rings (SSSR count). The number of alkyl carbamates (subject to hydrolysis) is 1. The highest BCUT2D eigenvalue weighted by atomic mass is 19.3. The number of nitrogens with one attached hydrogen (secondary N) is 1. The Kier molecular flexibility index (Phi) is 5.94. The predicted octanol–water partition coefficient (Wildman–Crippen LogP) is 3.73. The van der Waals surface area contributed by atoms with Crippen LogP contribution in [0.25, 0.3) is 11.1 Å². The van der Waals surface area contributed by atoms with E-state index in [4.69, 9.17) is 9.84 Å². The summed E-state index contributed by atoms with van der Waals surface area (Å²) in [5, 5.41) is 11.5. The maximum absolute atomic E-state index is 14.4. The molecule has 1 saturated carbocycles. The van der Waals surface area contributed by atoms with E-state index in [-0.39, 0.29) is 45.0 Å². The van der Waals surface area contributed by atoms with Crippen LogP contribution in [0.2, 0.25) is 0 Å². The smallest absolute Gasteiger partial charge is 0.407 e. The second-order valence-electron chi connectivity index (χ2n) is 9.40.